The van der Waals surface area contributed by atoms with E-state index in [0.717, 1.165) is 0 Å². The highest BCUT2D eigenvalue weighted by atomic mass is 16.5. The Morgan fingerprint density at radius 2 is 1.95 bits per heavy atom. The number of amides is 1. The van der Waals surface area contributed by atoms with Crippen molar-refractivity contribution >= 4 is 17.6 Å². The first kappa shape index (κ1) is 14.8. The maximum absolute atomic E-state index is 11.5. The normalized spacial score (nSPS) is 9.68. The molecule has 1 aromatic carbocycles. The number of carbonyl (C=O) groups excluding carboxylic acids is 1. The second-order valence-corrected chi connectivity index (χ2v) is 3.92. The number of hydrogen-bond donors (Lipinski definition) is 2. The van der Waals surface area contributed by atoms with Crippen LogP contribution in [-0.2, 0) is 9.59 Å². The van der Waals surface area contributed by atoms with E-state index in [1.165, 1.54) is 0 Å². The van der Waals surface area contributed by atoms with Crippen LogP contribution in [0.2, 0.25) is 0 Å². The van der Waals surface area contributed by atoms with E-state index in [9.17, 15) is 9.59 Å². The number of carbonyl (C=O) groups is 2. The molecule has 0 bridgehead atoms. The molecule has 5 heteroatoms. The van der Waals surface area contributed by atoms with E-state index in [0.29, 0.717) is 24.5 Å². The molecule has 0 radical (unpaired) electrons. The van der Waals surface area contributed by atoms with Gasteiger partial charge in [0.25, 0.3) is 0 Å². The van der Waals surface area contributed by atoms with Crippen molar-refractivity contribution in [3.63, 3.8) is 0 Å². The Labute approximate surface area is 111 Å². The summed E-state index contributed by atoms with van der Waals surface area (Å²) >= 11 is 0. The van der Waals surface area contributed by atoms with Crippen molar-refractivity contribution in [2.75, 3.05) is 11.9 Å². The van der Waals surface area contributed by atoms with Crippen LogP contribution in [0.5, 0.6) is 5.75 Å². The van der Waals surface area contributed by atoms with Gasteiger partial charge in [0.1, 0.15) is 12.4 Å². The number of rotatable bonds is 8. The summed E-state index contributed by atoms with van der Waals surface area (Å²) in [4.78, 5) is 21.8. The Kier molecular flexibility index (Phi) is 6.15. The van der Waals surface area contributed by atoms with Gasteiger partial charge in [-0.25, -0.2) is 0 Å². The van der Waals surface area contributed by atoms with E-state index in [2.05, 4.69) is 11.9 Å². The highest BCUT2D eigenvalue weighted by Gasteiger charge is 2.04. The number of ether oxygens (including phenoxy) is 1. The van der Waals surface area contributed by atoms with Crippen molar-refractivity contribution in [2.24, 2.45) is 0 Å². The number of anilines is 1. The zero-order valence-corrected chi connectivity index (χ0v) is 10.6. The Morgan fingerprint density at radius 1 is 1.26 bits per heavy atom. The van der Waals surface area contributed by atoms with Gasteiger partial charge in [0.15, 0.2) is 0 Å². The van der Waals surface area contributed by atoms with Crippen LogP contribution in [0.1, 0.15) is 19.3 Å². The third-order valence-corrected chi connectivity index (χ3v) is 2.30. The number of aliphatic carboxylic acids is 1. The van der Waals surface area contributed by atoms with Crippen LogP contribution in [-0.4, -0.2) is 23.6 Å². The lowest BCUT2D eigenvalue weighted by Gasteiger charge is -2.06. The Morgan fingerprint density at radius 3 is 2.53 bits per heavy atom. The van der Waals surface area contributed by atoms with Crippen molar-refractivity contribution in [3.8, 4) is 5.75 Å². The SMILES string of the molecule is C=CCOc1ccc(NC(=O)CCCC(=O)O)cc1. The van der Waals surface area contributed by atoms with Crippen LogP contribution >= 0.6 is 0 Å². The van der Waals surface area contributed by atoms with E-state index >= 15 is 0 Å². The summed E-state index contributed by atoms with van der Waals surface area (Å²) in [7, 11) is 0. The van der Waals surface area contributed by atoms with Crippen molar-refractivity contribution in [2.45, 2.75) is 19.3 Å². The number of carboxylic acids is 1. The fourth-order valence-electron chi connectivity index (χ4n) is 1.41. The maximum Gasteiger partial charge on any atom is 0.303 e. The fraction of sp³-hybridized carbons (Fsp3) is 0.286. The zero-order valence-electron chi connectivity index (χ0n) is 10.6. The van der Waals surface area contributed by atoms with Gasteiger partial charge in [-0.3, -0.25) is 9.59 Å². The average Bonchev–Trinajstić information content (AvgIpc) is 2.37. The molecule has 2 N–H and O–H groups in total. The quantitative estimate of drug-likeness (QED) is 0.706. The first-order valence-electron chi connectivity index (χ1n) is 5.97. The zero-order chi connectivity index (χ0) is 14.1. The summed E-state index contributed by atoms with van der Waals surface area (Å²) in [5, 5.41) is 11.2. The van der Waals surface area contributed by atoms with E-state index in [4.69, 9.17) is 9.84 Å². The smallest absolute Gasteiger partial charge is 0.303 e. The molecule has 0 atom stereocenters. The van der Waals surface area contributed by atoms with Gasteiger partial charge >= 0.3 is 5.97 Å². The third-order valence-electron chi connectivity index (χ3n) is 2.30. The van der Waals surface area contributed by atoms with Crippen LogP contribution in [0.15, 0.2) is 36.9 Å². The molecule has 0 unspecified atom stereocenters. The molecule has 19 heavy (non-hydrogen) atoms. The van der Waals surface area contributed by atoms with Gasteiger partial charge in [-0.05, 0) is 30.7 Å². The molecule has 102 valence electrons. The number of carboxylic acid groups (broad SMARTS) is 1. The van der Waals surface area contributed by atoms with Crippen LogP contribution in [0.25, 0.3) is 0 Å². The van der Waals surface area contributed by atoms with Gasteiger partial charge < -0.3 is 15.2 Å². The molecule has 0 aliphatic rings. The first-order chi connectivity index (χ1) is 9.11. The second-order valence-electron chi connectivity index (χ2n) is 3.92. The highest BCUT2D eigenvalue weighted by molar-refractivity contribution is 5.90. The molecule has 0 spiro atoms. The van der Waals surface area contributed by atoms with Gasteiger partial charge in [-0.15, -0.1) is 0 Å². The van der Waals surface area contributed by atoms with Crippen molar-refractivity contribution in [3.05, 3.63) is 36.9 Å². The minimum absolute atomic E-state index is 0.00174. The number of hydrogen-bond acceptors (Lipinski definition) is 3. The van der Waals surface area contributed by atoms with Gasteiger partial charge in [0, 0.05) is 18.5 Å². The summed E-state index contributed by atoms with van der Waals surface area (Å²) in [6, 6.07) is 6.95. The minimum atomic E-state index is -0.892. The van der Waals surface area contributed by atoms with E-state index in [-0.39, 0.29) is 18.7 Å². The molecular formula is C14H17NO4. The van der Waals surface area contributed by atoms with E-state index in [1.54, 1.807) is 30.3 Å². The summed E-state index contributed by atoms with van der Waals surface area (Å²) in [6.07, 6.45) is 2.18. The lowest BCUT2D eigenvalue weighted by atomic mass is 10.2. The lowest BCUT2D eigenvalue weighted by Crippen LogP contribution is -2.11. The van der Waals surface area contributed by atoms with Crippen LogP contribution in [0.3, 0.4) is 0 Å². The molecule has 0 aliphatic carbocycles. The summed E-state index contributed by atoms with van der Waals surface area (Å²) in [5.74, 6) is -0.388. The largest absolute Gasteiger partial charge is 0.490 e. The molecule has 1 aromatic rings. The minimum Gasteiger partial charge on any atom is -0.490 e. The molecule has 0 fully saturated rings. The van der Waals surface area contributed by atoms with Crippen molar-refractivity contribution in [1.29, 1.82) is 0 Å². The van der Waals surface area contributed by atoms with Crippen molar-refractivity contribution < 1.29 is 19.4 Å². The molecule has 0 saturated heterocycles. The Hall–Kier alpha value is -2.30. The van der Waals surface area contributed by atoms with E-state index < -0.39 is 5.97 Å². The number of benzene rings is 1. The highest BCUT2D eigenvalue weighted by Crippen LogP contribution is 2.16. The lowest BCUT2D eigenvalue weighted by molar-refractivity contribution is -0.137. The maximum atomic E-state index is 11.5. The molecule has 0 heterocycles. The fourth-order valence-corrected chi connectivity index (χ4v) is 1.41. The van der Waals surface area contributed by atoms with Gasteiger partial charge in [0.2, 0.25) is 5.91 Å². The molecule has 5 nitrogen and oxygen atoms in total. The summed E-state index contributed by atoms with van der Waals surface area (Å²) in [6.45, 7) is 3.98. The van der Waals surface area contributed by atoms with Gasteiger partial charge in [0.05, 0.1) is 0 Å². The van der Waals surface area contributed by atoms with Crippen LogP contribution in [0, 0.1) is 0 Å². The predicted octanol–water partition coefficient (Wildman–Crippen LogP) is 2.44. The Balaban J connectivity index is 2.37. The van der Waals surface area contributed by atoms with Gasteiger partial charge in [-0.1, -0.05) is 12.7 Å². The summed E-state index contributed by atoms with van der Waals surface area (Å²) < 4.78 is 5.31. The molecular weight excluding hydrogens is 246 g/mol. The number of nitrogens with one attached hydrogen (secondary N) is 1. The molecule has 0 aromatic heterocycles. The third kappa shape index (κ3) is 6.26. The van der Waals surface area contributed by atoms with Crippen molar-refractivity contribution in [1.82, 2.24) is 0 Å². The molecule has 0 saturated carbocycles. The Bertz CT molecular complexity index is 439. The summed E-state index contributed by atoms with van der Waals surface area (Å²) in [5.41, 5.74) is 0.659. The monoisotopic (exact) mass is 263 g/mol. The van der Waals surface area contributed by atoms with Crippen LogP contribution < -0.4 is 10.1 Å². The van der Waals surface area contributed by atoms with Crippen LogP contribution in [0.4, 0.5) is 5.69 Å². The standard InChI is InChI=1S/C14H17NO4/c1-2-10-19-12-8-6-11(7-9-12)15-13(16)4-3-5-14(17)18/h2,6-9H,1,3-5,10H2,(H,15,16)(H,17,18). The topological polar surface area (TPSA) is 75.6 Å². The second kappa shape index (κ2) is 7.92. The van der Waals surface area contributed by atoms with Gasteiger partial charge in [-0.2, -0.15) is 0 Å². The molecule has 1 amide bonds. The average molecular weight is 263 g/mol. The molecule has 0 aliphatic heterocycles. The predicted molar refractivity (Wildman–Crippen MR) is 72.3 cm³/mol. The van der Waals surface area contributed by atoms with E-state index in [1.807, 2.05) is 0 Å². The first-order valence-corrected chi connectivity index (χ1v) is 5.97. The molecule has 1 rings (SSSR count).